The molecule has 1 unspecified atom stereocenters. The first kappa shape index (κ1) is 12.1. The molecular formula is C10H15F3N2. The molecule has 0 aliphatic rings. The van der Waals surface area contributed by atoms with Crippen LogP contribution in [-0.4, -0.2) is 16.8 Å². The number of aromatic nitrogens is 1. The highest BCUT2D eigenvalue weighted by molar-refractivity contribution is 5.09. The summed E-state index contributed by atoms with van der Waals surface area (Å²) in [5.41, 5.74) is 6.34. The van der Waals surface area contributed by atoms with Gasteiger partial charge in [0.05, 0.1) is 0 Å². The van der Waals surface area contributed by atoms with E-state index >= 15 is 0 Å². The molecule has 2 N–H and O–H groups in total. The molecule has 1 rings (SSSR count). The van der Waals surface area contributed by atoms with E-state index in [4.69, 9.17) is 5.73 Å². The van der Waals surface area contributed by atoms with Crippen molar-refractivity contribution in [2.24, 2.45) is 5.73 Å². The predicted octanol–water partition coefficient (Wildman–Crippen LogP) is 2.33. The molecule has 15 heavy (non-hydrogen) atoms. The van der Waals surface area contributed by atoms with Gasteiger partial charge in [-0.3, -0.25) is 0 Å². The van der Waals surface area contributed by atoms with Crippen molar-refractivity contribution in [2.45, 2.75) is 38.5 Å². The Bertz CT molecular complexity index is 304. The topological polar surface area (TPSA) is 30.9 Å². The summed E-state index contributed by atoms with van der Waals surface area (Å²) in [5.74, 6) is 0. The fraction of sp³-hybridized carbons (Fsp3) is 0.600. The van der Waals surface area contributed by atoms with Gasteiger partial charge in [0.2, 0.25) is 0 Å². The van der Waals surface area contributed by atoms with Gasteiger partial charge in [0.25, 0.3) is 0 Å². The number of hydrogen-bond acceptors (Lipinski definition) is 1. The Kier molecular flexibility index (Phi) is 3.79. The zero-order valence-corrected chi connectivity index (χ0v) is 8.59. The van der Waals surface area contributed by atoms with Crippen molar-refractivity contribution in [1.29, 1.82) is 0 Å². The molecule has 0 radical (unpaired) electrons. The SMILES string of the molecule is CCC(N)Cc1cccn1CC(F)(F)F. The molecule has 0 spiro atoms. The lowest BCUT2D eigenvalue weighted by molar-refractivity contribution is -0.140. The van der Waals surface area contributed by atoms with E-state index in [1.54, 1.807) is 12.1 Å². The van der Waals surface area contributed by atoms with Gasteiger partial charge in [-0.1, -0.05) is 6.92 Å². The molecule has 0 aromatic carbocycles. The van der Waals surface area contributed by atoms with Crippen LogP contribution in [0.3, 0.4) is 0 Å². The first-order valence-corrected chi connectivity index (χ1v) is 4.88. The van der Waals surface area contributed by atoms with E-state index < -0.39 is 12.7 Å². The van der Waals surface area contributed by atoms with Crippen LogP contribution in [0.2, 0.25) is 0 Å². The minimum absolute atomic E-state index is 0.0770. The maximum Gasteiger partial charge on any atom is 0.406 e. The Morgan fingerprint density at radius 3 is 2.67 bits per heavy atom. The lowest BCUT2D eigenvalue weighted by atomic mass is 10.1. The van der Waals surface area contributed by atoms with Crippen LogP contribution in [0.25, 0.3) is 0 Å². The van der Waals surface area contributed by atoms with Crippen LogP contribution >= 0.6 is 0 Å². The maximum absolute atomic E-state index is 12.2. The van der Waals surface area contributed by atoms with Gasteiger partial charge >= 0.3 is 6.18 Å². The average Bonchev–Trinajstić information content (AvgIpc) is 2.50. The Morgan fingerprint density at radius 1 is 1.47 bits per heavy atom. The van der Waals surface area contributed by atoms with Crippen molar-refractivity contribution >= 4 is 0 Å². The summed E-state index contributed by atoms with van der Waals surface area (Å²) in [5, 5.41) is 0. The molecule has 2 nitrogen and oxygen atoms in total. The van der Waals surface area contributed by atoms with Crippen molar-refractivity contribution in [2.75, 3.05) is 0 Å². The summed E-state index contributed by atoms with van der Waals surface area (Å²) in [7, 11) is 0. The molecule has 1 aromatic heterocycles. The zero-order chi connectivity index (χ0) is 11.5. The molecule has 0 aliphatic carbocycles. The van der Waals surface area contributed by atoms with Crippen molar-refractivity contribution in [3.63, 3.8) is 0 Å². The van der Waals surface area contributed by atoms with Gasteiger partial charge in [-0.05, 0) is 18.6 Å². The highest BCUT2D eigenvalue weighted by Gasteiger charge is 2.28. The van der Waals surface area contributed by atoms with Crippen LogP contribution in [0.4, 0.5) is 13.2 Å². The minimum atomic E-state index is -4.18. The summed E-state index contributed by atoms with van der Waals surface area (Å²) >= 11 is 0. The summed E-state index contributed by atoms with van der Waals surface area (Å²) < 4.78 is 37.7. The van der Waals surface area contributed by atoms with Gasteiger partial charge in [0, 0.05) is 24.4 Å². The Labute approximate surface area is 86.9 Å². The van der Waals surface area contributed by atoms with E-state index in [1.807, 2.05) is 6.92 Å². The molecule has 0 saturated heterocycles. The number of halogens is 3. The van der Waals surface area contributed by atoms with Gasteiger partial charge in [-0.2, -0.15) is 13.2 Å². The summed E-state index contributed by atoms with van der Waals surface area (Å²) in [6.07, 6.45) is -1.49. The van der Waals surface area contributed by atoms with Crippen LogP contribution < -0.4 is 5.73 Å². The number of rotatable bonds is 4. The van der Waals surface area contributed by atoms with Crippen LogP contribution in [0, 0.1) is 0 Å². The molecule has 0 fully saturated rings. The van der Waals surface area contributed by atoms with E-state index in [-0.39, 0.29) is 6.04 Å². The van der Waals surface area contributed by atoms with Crippen molar-refractivity contribution < 1.29 is 13.2 Å². The molecule has 86 valence electrons. The maximum atomic E-state index is 12.2. The summed E-state index contributed by atoms with van der Waals surface area (Å²) in [6.45, 7) is 0.980. The van der Waals surface area contributed by atoms with E-state index in [1.165, 1.54) is 10.8 Å². The second kappa shape index (κ2) is 4.70. The van der Waals surface area contributed by atoms with Gasteiger partial charge in [-0.25, -0.2) is 0 Å². The van der Waals surface area contributed by atoms with E-state index in [9.17, 15) is 13.2 Å². The second-order valence-corrected chi connectivity index (χ2v) is 3.62. The number of hydrogen-bond donors (Lipinski definition) is 1. The minimum Gasteiger partial charge on any atom is -0.342 e. The highest BCUT2D eigenvalue weighted by Crippen LogP contribution is 2.19. The number of nitrogens with two attached hydrogens (primary N) is 1. The van der Waals surface area contributed by atoms with Gasteiger partial charge in [0.1, 0.15) is 6.54 Å². The third kappa shape index (κ3) is 3.95. The number of alkyl halides is 3. The number of nitrogens with zero attached hydrogens (tertiary/aromatic N) is 1. The Balaban J connectivity index is 2.69. The van der Waals surface area contributed by atoms with Crippen LogP contribution in [0.5, 0.6) is 0 Å². The third-order valence-electron chi connectivity index (χ3n) is 2.27. The Hall–Kier alpha value is -0.970. The lowest BCUT2D eigenvalue weighted by Crippen LogP contribution is -2.25. The van der Waals surface area contributed by atoms with Gasteiger partial charge in [-0.15, -0.1) is 0 Å². The first-order valence-electron chi connectivity index (χ1n) is 4.88. The predicted molar refractivity (Wildman–Crippen MR) is 52.5 cm³/mol. The summed E-state index contributed by atoms with van der Waals surface area (Å²) in [6, 6.07) is 3.22. The third-order valence-corrected chi connectivity index (χ3v) is 2.27. The second-order valence-electron chi connectivity index (χ2n) is 3.62. The average molecular weight is 220 g/mol. The Morgan fingerprint density at radius 2 is 2.13 bits per heavy atom. The largest absolute Gasteiger partial charge is 0.406 e. The standard InChI is InChI=1S/C10H15F3N2/c1-2-8(14)6-9-4-3-5-15(9)7-10(11,12)13/h3-5,8H,2,6-7,14H2,1H3. The molecule has 5 heteroatoms. The van der Waals surface area contributed by atoms with Crippen molar-refractivity contribution in [1.82, 2.24) is 4.57 Å². The highest BCUT2D eigenvalue weighted by atomic mass is 19.4. The normalized spacial score (nSPS) is 14.2. The smallest absolute Gasteiger partial charge is 0.342 e. The zero-order valence-electron chi connectivity index (χ0n) is 8.59. The molecule has 1 atom stereocenters. The quantitative estimate of drug-likeness (QED) is 0.829. The lowest BCUT2D eigenvalue weighted by Gasteiger charge is -2.14. The molecule has 0 amide bonds. The van der Waals surface area contributed by atoms with Crippen LogP contribution in [0.1, 0.15) is 19.0 Å². The fourth-order valence-electron chi connectivity index (χ4n) is 1.40. The monoisotopic (exact) mass is 220 g/mol. The summed E-state index contributed by atoms with van der Waals surface area (Å²) in [4.78, 5) is 0. The first-order chi connectivity index (χ1) is 6.92. The fourth-order valence-corrected chi connectivity index (χ4v) is 1.40. The van der Waals surface area contributed by atoms with Gasteiger partial charge < -0.3 is 10.3 Å². The van der Waals surface area contributed by atoms with Gasteiger partial charge in [0.15, 0.2) is 0 Å². The van der Waals surface area contributed by atoms with E-state index in [0.29, 0.717) is 12.1 Å². The molecular weight excluding hydrogens is 205 g/mol. The van der Waals surface area contributed by atoms with E-state index in [0.717, 1.165) is 6.42 Å². The molecule has 1 heterocycles. The molecule has 1 aromatic rings. The van der Waals surface area contributed by atoms with Crippen molar-refractivity contribution in [3.8, 4) is 0 Å². The molecule has 0 saturated carbocycles. The molecule has 0 aliphatic heterocycles. The van der Waals surface area contributed by atoms with Crippen LogP contribution in [0.15, 0.2) is 18.3 Å². The van der Waals surface area contributed by atoms with Crippen LogP contribution in [-0.2, 0) is 13.0 Å². The molecule has 0 bridgehead atoms. The van der Waals surface area contributed by atoms with Crippen molar-refractivity contribution in [3.05, 3.63) is 24.0 Å². The van der Waals surface area contributed by atoms with E-state index in [2.05, 4.69) is 0 Å².